The van der Waals surface area contributed by atoms with Gasteiger partial charge in [-0.25, -0.2) is 0 Å². The van der Waals surface area contributed by atoms with Gasteiger partial charge in [-0.1, -0.05) is 0 Å². The standard InChI is InChI=1S/C17H31GeN3Si.Cl2Ge/c1-16(2,3)20-15(14-12-10-9-11-13-14)21(17(4,5)6)18(20)19-22(7)8;1-3-2/h9-13,15,19H,1-8H3;. The Morgan fingerprint density at radius 3 is 1.68 bits per heavy atom. The van der Waals surface area contributed by atoms with Crippen LogP contribution in [0, 0.1) is 0 Å². The first-order valence-electron chi connectivity index (χ1n) is 8.49. The summed E-state index contributed by atoms with van der Waals surface area (Å²) >= 11 is -2.18. The van der Waals surface area contributed by atoms with Crippen molar-refractivity contribution in [1.82, 2.24) is 11.7 Å². The second kappa shape index (κ2) is 9.96. The molecule has 8 heteroatoms. The zero-order valence-electron chi connectivity index (χ0n) is 16.6. The van der Waals surface area contributed by atoms with Crippen LogP contribution >= 0.6 is 20.0 Å². The van der Waals surface area contributed by atoms with Crippen LogP contribution in [0.2, 0.25) is 13.1 Å². The van der Waals surface area contributed by atoms with Crippen LogP contribution < -0.4 is 3.94 Å². The van der Waals surface area contributed by atoms with Crippen LogP contribution in [-0.4, -0.2) is 56.3 Å². The summed E-state index contributed by atoms with van der Waals surface area (Å²) in [5, 5.41) is 0. The van der Waals surface area contributed by atoms with Gasteiger partial charge < -0.3 is 0 Å². The maximum atomic E-state index is 4.89. The van der Waals surface area contributed by atoms with E-state index in [0.29, 0.717) is 6.17 Å². The van der Waals surface area contributed by atoms with E-state index in [1.54, 1.807) is 0 Å². The summed E-state index contributed by atoms with van der Waals surface area (Å²) in [5.74, 6) is 0. The van der Waals surface area contributed by atoms with Gasteiger partial charge in [0.15, 0.2) is 0 Å². The SMILES string of the molecule is C[Si](C)[NH][Ge]1[N](C(C)(C)C)C(c2ccccc2)[N]1C(C)(C)C.[Cl][Ge][Cl]. The zero-order valence-corrected chi connectivity index (χ0v) is 23.3. The predicted molar refractivity (Wildman–Crippen MR) is 116 cm³/mol. The molecule has 0 aliphatic carbocycles. The van der Waals surface area contributed by atoms with Gasteiger partial charge in [-0.15, -0.1) is 0 Å². The molecule has 1 aromatic rings. The quantitative estimate of drug-likeness (QED) is 0.581. The fourth-order valence-corrected chi connectivity index (χ4v) is 12.9. The number of hydrogen-bond acceptors (Lipinski definition) is 3. The van der Waals surface area contributed by atoms with E-state index in [9.17, 15) is 0 Å². The topological polar surface area (TPSA) is 18.5 Å². The molecule has 1 N–H and O–H groups in total. The van der Waals surface area contributed by atoms with E-state index in [4.69, 9.17) is 20.0 Å². The molecule has 0 bridgehead atoms. The van der Waals surface area contributed by atoms with E-state index in [1.807, 2.05) is 0 Å². The third-order valence-electron chi connectivity index (χ3n) is 3.85. The van der Waals surface area contributed by atoms with Crippen LogP contribution in [-0.2, 0) is 0 Å². The fourth-order valence-electron chi connectivity index (χ4n) is 3.04. The van der Waals surface area contributed by atoms with Crippen molar-refractivity contribution in [3.05, 3.63) is 35.9 Å². The number of rotatable bonds is 3. The molecule has 1 aliphatic heterocycles. The first-order valence-corrected chi connectivity index (χ1v) is 19.4. The number of hydrogen-bond donors (Lipinski definition) is 1. The Balaban J connectivity index is 0.000000970. The molecule has 4 radical (unpaired) electrons. The van der Waals surface area contributed by atoms with E-state index in [1.165, 1.54) is 5.56 Å². The van der Waals surface area contributed by atoms with Gasteiger partial charge in [0.25, 0.3) is 0 Å². The summed E-state index contributed by atoms with van der Waals surface area (Å²) in [7, 11) is 9.34. The molecule has 0 atom stereocenters. The molecule has 1 aromatic carbocycles. The van der Waals surface area contributed by atoms with E-state index in [0.717, 1.165) is 0 Å². The van der Waals surface area contributed by atoms with Crippen LogP contribution in [0.15, 0.2) is 30.3 Å². The molecule has 0 aromatic heterocycles. The Hall–Kier alpha value is 0.983. The Kier molecular flexibility index (Phi) is 9.57. The minimum absolute atomic E-state index is 0.196. The average Bonchev–Trinajstić information content (AvgIpc) is 2.41. The van der Waals surface area contributed by atoms with Gasteiger partial charge in [0.2, 0.25) is 0 Å². The fraction of sp³-hybridized carbons (Fsp3) is 0.647. The molecule has 3 nitrogen and oxygen atoms in total. The van der Waals surface area contributed by atoms with E-state index >= 15 is 0 Å². The molecule has 2 rings (SSSR count). The molecule has 25 heavy (non-hydrogen) atoms. The zero-order chi connectivity index (χ0) is 19.4. The second-order valence-corrected chi connectivity index (χ2v) is 18.9. The van der Waals surface area contributed by atoms with Crippen molar-refractivity contribution >= 4 is 57.6 Å². The monoisotopic (exact) mass is 523 g/mol. The first-order chi connectivity index (χ1) is 11.4. The van der Waals surface area contributed by atoms with Crippen LogP contribution in [0.25, 0.3) is 0 Å². The third-order valence-corrected chi connectivity index (χ3v) is 14.9. The van der Waals surface area contributed by atoms with Gasteiger partial charge in [-0.2, -0.15) is 0 Å². The van der Waals surface area contributed by atoms with Gasteiger partial charge in [0.1, 0.15) is 0 Å². The van der Waals surface area contributed by atoms with E-state index < -0.39 is 37.5 Å². The van der Waals surface area contributed by atoms with Crippen molar-refractivity contribution in [2.75, 3.05) is 0 Å². The molecule has 140 valence electrons. The summed E-state index contributed by atoms with van der Waals surface area (Å²) in [4.78, 5) is 0. The molecule has 0 unspecified atom stereocenters. The molecule has 1 aliphatic rings. The molecule has 1 fully saturated rings. The summed E-state index contributed by atoms with van der Waals surface area (Å²) in [5.41, 5.74) is 1.82. The van der Waals surface area contributed by atoms with Crippen molar-refractivity contribution in [3.8, 4) is 0 Å². The number of nitrogens with zero attached hydrogens (tertiary/aromatic N) is 2. The second-order valence-electron chi connectivity index (χ2n) is 8.39. The first kappa shape index (κ1) is 24.0. The van der Waals surface area contributed by atoms with Crippen LogP contribution in [0.1, 0.15) is 53.3 Å². The van der Waals surface area contributed by atoms with E-state index in [-0.39, 0.29) is 11.1 Å². The van der Waals surface area contributed by atoms with Crippen LogP contribution in [0.5, 0.6) is 0 Å². The Labute approximate surface area is 176 Å². The van der Waals surface area contributed by atoms with Crippen LogP contribution in [0.3, 0.4) is 0 Å². The van der Waals surface area contributed by atoms with Crippen molar-refractivity contribution < 1.29 is 0 Å². The molecule has 0 spiro atoms. The van der Waals surface area contributed by atoms with Crippen LogP contribution in [0.4, 0.5) is 0 Å². The summed E-state index contributed by atoms with van der Waals surface area (Å²) < 4.78 is 9.58. The molecular formula is C17H31Cl2Ge2N3Si. The van der Waals surface area contributed by atoms with Crippen molar-refractivity contribution in [1.29, 1.82) is 0 Å². The molecule has 1 saturated heterocycles. The Bertz CT molecular complexity index is 499. The normalized spacial score (nSPS) is 18.0. The van der Waals surface area contributed by atoms with Crippen molar-refractivity contribution in [2.24, 2.45) is 0 Å². The van der Waals surface area contributed by atoms with Crippen molar-refractivity contribution in [2.45, 2.75) is 71.9 Å². The molecule has 0 amide bonds. The van der Waals surface area contributed by atoms with Gasteiger partial charge >= 0.3 is 177 Å². The Morgan fingerprint density at radius 2 is 1.36 bits per heavy atom. The maximum absolute atomic E-state index is 4.89. The average molecular weight is 522 g/mol. The summed E-state index contributed by atoms with van der Waals surface area (Å²) in [6.45, 7) is 18.9. The summed E-state index contributed by atoms with van der Waals surface area (Å²) in [6.07, 6.45) is 0.407. The van der Waals surface area contributed by atoms with Gasteiger partial charge in [-0.3, -0.25) is 0 Å². The van der Waals surface area contributed by atoms with Gasteiger partial charge in [-0.05, 0) is 0 Å². The van der Waals surface area contributed by atoms with E-state index in [2.05, 4.69) is 96.6 Å². The number of halogens is 2. The molecular weight excluding hydrogens is 490 g/mol. The van der Waals surface area contributed by atoms with Gasteiger partial charge in [0, 0.05) is 0 Å². The molecule has 1 heterocycles. The minimum atomic E-state index is -1.63. The predicted octanol–water partition coefficient (Wildman–Crippen LogP) is 4.72. The molecule has 0 saturated carbocycles. The number of nitrogens with one attached hydrogen (secondary N) is 1. The Morgan fingerprint density at radius 1 is 0.960 bits per heavy atom. The van der Waals surface area contributed by atoms with Gasteiger partial charge in [0.05, 0.1) is 0 Å². The summed E-state index contributed by atoms with van der Waals surface area (Å²) in [6, 6.07) is 11.0. The van der Waals surface area contributed by atoms with Crippen molar-refractivity contribution in [3.63, 3.8) is 0 Å². The number of benzene rings is 1. The third kappa shape index (κ3) is 6.52.